The van der Waals surface area contributed by atoms with Crippen molar-refractivity contribution < 1.29 is 4.42 Å². The van der Waals surface area contributed by atoms with E-state index in [1.54, 1.807) is 6.26 Å². The molecule has 1 fully saturated rings. The molecule has 4 heterocycles. The van der Waals surface area contributed by atoms with Gasteiger partial charge in [0.1, 0.15) is 5.76 Å². The van der Waals surface area contributed by atoms with Crippen LogP contribution in [0, 0.1) is 13.8 Å². The van der Waals surface area contributed by atoms with Crippen molar-refractivity contribution in [3.63, 3.8) is 0 Å². The summed E-state index contributed by atoms with van der Waals surface area (Å²) >= 11 is 5.82. The number of para-hydroxylation sites is 1. The van der Waals surface area contributed by atoms with Gasteiger partial charge in [-0.15, -0.1) is 0 Å². The molecule has 0 aliphatic carbocycles. The van der Waals surface area contributed by atoms with Crippen LogP contribution >= 0.6 is 12.2 Å². The Labute approximate surface area is 200 Å². The van der Waals surface area contributed by atoms with Crippen molar-refractivity contribution in [3.8, 4) is 5.69 Å². The molecule has 0 unspecified atom stereocenters. The first kappa shape index (κ1) is 21.5. The molecule has 2 atom stereocenters. The van der Waals surface area contributed by atoms with E-state index in [2.05, 4.69) is 76.9 Å². The molecular weight excluding hydrogens is 428 g/mol. The Bertz CT molecular complexity index is 1260. The highest BCUT2D eigenvalue weighted by atomic mass is 32.1. The number of aromatic nitrogens is 2. The van der Waals surface area contributed by atoms with Gasteiger partial charge in [-0.05, 0) is 80.0 Å². The maximum absolute atomic E-state index is 5.82. The zero-order valence-electron chi connectivity index (χ0n) is 19.2. The Balaban J connectivity index is 1.64. The minimum atomic E-state index is -0.0518. The fraction of sp³-hybridized carbons (Fsp3) is 0.259. The van der Waals surface area contributed by atoms with Gasteiger partial charge in [0.2, 0.25) is 0 Å². The molecular formula is C27H28N4OS. The van der Waals surface area contributed by atoms with Gasteiger partial charge in [-0.1, -0.05) is 31.2 Å². The second-order valence-electron chi connectivity index (χ2n) is 8.48. The predicted molar refractivity (Wildman–Crippen MR) is 134 cm³/mol. The number of benzene rings is 1. The van der Waals surface area contributed by atoms with E-state index in [1.807, 2.05) is 30.5 Å². The minimum Gasteiger partial charge on any atom is -0.467 e. The highest BCUT2D eigenvalue weighted by Crippen LogP contribution is 2.42. The summed E-state index contributed by atoms with van der Waals surface area (Å²) < 4.78 is 8.05. The highest BCUT2D eigenvalue weighted by molar-refractivity contribution is 7.80. The molecule has 1 aromatic carbocycles. The summed E-state index contributed by atoms with van der Waals surface area (Å²) in [5.74, 6) is 0.885. The van der Waals surface area contributed by atoms with E-state index >= 15 is 0 Å². The molecule has 1 aliphatic rings. The molecule has 0 radical (unpaired) electrons. The van der Waals surface area contributed by atoms with Gasteiger partial charge in [-0.3, -0.25) is 4.98 Å². The van der Waals surface area contributed by atoms with Gasteiger partial charge in [-0.25, -0.2) is 0 Å². The van der Waals surface area contributed by atoms with Crippen molar-refractivity contribution in [1.29, 1.82) is 0 Å². The van der Waals surface area contributed by atoms with E-state index in [1.165, 1.54) is 28.2 Å². The normalized spacial score (nSPS) is 18.0. The monoisotopic (exact) mass is 456 g/mol. The number of pyridine rings is 1. The van der Waals surface area contributed by atoms with Crippen LogP contribution in [0.5, 0.6) is 0 Å². The highest BCUT2D eigenvalue weighted by Gasteiger charge is 2.41. The van der Waals surface area contributed by atoms with Crippen molar-refractivity contribution >= 4 is 17.3 Å². The van der Waals surface area contributed by atoms with Crippen LogP contribution in [0.15, 0.2) is 77.5 Å². The van der Waals surface area contributed by atoms with Crippen LogP contribution in [0.4, 0.5) is 0 Å². The zero-order valence-corrected chi connectivity index (χ0v) is 20.0. The summed E-state index contributed by atoms with van der Waals surface area (Å²) in [5, 5.41) is 4.26. The first-order valence-electron chi connectivity index (χ1n) is 11.4. The van der Waals surface area contributed by atoms with Crippen LogP contribution in [0.25, 0.3) is 5.69 Å². The molecule has 0 bridgehead atoms. The molecule has 1 saturated heterocycles. The average molecular weight is 457 g/mol. The minimum absolute atomic E-state index is 0.00811. The zero-order chi connectivity index (χ0) is 22.9. The van der Waals surface area contributed by atoms with Crippen LogP contribution in [0.1, 0.15) is 53.0 Å². The van der Waals surface area contributed by atoms with Crippen LogP contribution in [0.2, 0.25) is 0 Å². The van der Waals surface area contributed by atoms with E-state index in [9.17, 15) is 0 Å². The molecule has 1 N–H and O–H groups in total. The SMILES string of the molecule is CCc1ccccc1-n1c(C)cc([C@H]2[C@@H](c3ccccn3)NC(=S)N2Cc2ccco2)c1C. The molecule has 5 nitrogen and oxygen atoms in total. The fourth-order valence-corrected chi connectivity index (χ4v) is 5.28. The second-order valence-corrected chi connectivity index (χ2v) is 8.86. The quantitative estimate of drug-likeness (QED) is 0.371. The van der Waals surface area contributed by atoms with E-state index in [0.717, 1.165) is 17.9 Å². The van der Waals surface area contributed by atoms with Crippen molar-refractivity contribution in [3.05, 3.63) is 107 Å². The van der Waals surface area contributed by atoms with Crippen molar-refractivity contribution in [2.24, 2.45) is 0 Å². The molecule has 4 aromatic rings. The lowest BCUT2D eigenvalue weighted by molar-refractivity contribution is 0.286. The number of aryl methyl sites for hydroxylation is 2. The van der Waals surface area contributed by atoms with Gasteiger partial charge in [0, 0.05) is 23.3 Å². The third kappa shape index (κ3) is 3.85. The number of rotatable bonds is 6. The molecule has 33 heavy (non-hydrogen) atoms. The van der Waals surface area contributed by atoms with Gasteiger partial charge in [-0.2, -0.15) is 0 Å². The van der Waals surface area contributed by atoms with Crippen LogP contribution in [0.3, 0.4) is 0 Å². The van der Waals surface area contributed by atoms with E-state index in [-0.39, 0.29) is 12.1 Å². The summed E-state index contributed by atoms with van der Waals surface area (Å²) in [6.45, 7) is 7.18. The fourth-order valence-electron chi connectivity index (χ4n) is 4.97. The Morgan fingerprint density at radius 2 is 1.88 bits per heavy atom. The molecule has 0 saturated carbocycles. The van der Waals surface area contributed by atoms with Gasteiger partial charge in [0.15, 0.2) is 5.11 Å². The molecule has 168 valence electrons. The van der Waals surface area contributed by atoms with Gasteiger partial charge < -0.3 is 19.2 Å². The van der Waals surface area contributed by atoms with Crippen LogP contribution in [-0.4, -0.2) is 19.6 Å². The first-order chi connectivity index (χ1) is 16.1. The summed E-state index contributed by atoms with van der Waals surface area (Å²) in [4.78, 5) is 6.90. The standard InChI is InChI=1S/C27H28N4OS/c1-4-20-10-5-6-13-24(20)31-18(2)16-22(19(31)3)26-25(23-12-7-8-14-28-23)29-27(33)30(26)17-21-11-9-15-32-21/h5-16,25-26H,4,17H2,1-3H3,(H,29,33)/t25-,26+/m1/s1. The summed E-state index contributed by atoms with van der Waals surface area (Å²) in [5.41, 5.74) is 7.22. The van der Waals surface area contributed by atoms with Gasteiger partial charge in [0.25, 0.3) is 0 Å². The molecule has 1 aliphatic heterocycles. The molecule has 5 rings (SSSR count). The summed E-state index contributed by atoms with van der Waals surface area (Å²) in [6, 6.07) is 20.8. The maximum Gasteiger partial charge on any atom is 0.170 e. The van der Waals surface area contributed by atoms with Gasteiger partial charge in [0.05, 0.1) is 30.6 Å². The molecule has 0 spiro atoms. The smallest absolute Gasteiger partial charge is 0.170 e. The lowest BCUT2D eigenvalue weighted by Crippen LogP contribution is -2.29. The third-order valence-corrected chi connectivity index (χ3v) is 6.86. The Morgan fingerprint density at radius 3 is 2.61 bits per heavy atom. The number of thiocarbonyl (C=S) groups is 1. The van der Waals surface area contributed by atoms with Gasteiger partial charge >= 0.3 is 0 Å². The first-order valence-corrected chi connectivity index (χ1v) is 11.8. The Morgan fingerprint density at radius 1 is 1.06 bits per heavy atom. The number of furan rings is 1. The Kier molecular flexibility index (Phi) is 5.77. The maximum atomic E-state index is 5.82. The second kappa shape index (κ2) is 8.87. The lowest BCUT2D eigenvalue weighted by atomic mass is 9.96. The predicted octanol–water partition coefficient (Wildman–Crippen LogP) is 5.82. The number of hydrogen-bond donors (Lipinski definition) is 1. The number of hydrogen-bond acceptors (Lipinski definition) is 3. The van der Waals surface area contributed by atoms with E-state index < -0.39 is 0 Å². The van der Waals surface area contributed by atoms with Crippen molar-refractivity contribution in [1.82, 2.24) is 19.8 Å². The Hall–Kier alpha value is -3.38. The van der Waals surface area contributed by atoms with Crippen molar-refractivity contribution in [2.75, 3.05) is 0 Å². The summed E-state index contributed by atoms with van der Waals surface area (Å²) in [6.07, 6.45) is 4.53. The van der Waals surface area contributed by atoms with Crippen molar-refractivity contribution in [2.45, 2.75) is 45.8 Å². The number of nitrogens with zero attached hydrogens (tertiary/aromatic N) is 3. The molecule has 6 heteroatoms. The average Bonchev–Trinajstić information content (AvgIpc) is 3.53. The largest absolute Gasteiger partial charge is 0.467 e. The van der Waals surface area contributed by atoms with Crippen LogP contribution < -0.4 is 5.32 Å². The molecule has 3 aromatic heterocycles. The lowest BCUT2D eigenvalue weighted by Gasteiger charge is -2.27. The third-order valence-electron chi connectivity index (χ3n) is 6.51. The number of nitrogens with one attached hydrogen (secondary N) is 1. The summed E-state index contributed by atoms with van der Waals surface area (Å²) in [7, 11) is 0. The molecule has 0 amide bonds. The van der Waals surface area contributed by atoms with E-state index in [0.29, 0.717) is 11.7 Å². The van der Waals surface area contributed by atoms with Crippen LogP contribution in [-0.2, 0) is 13.0 Å². The topological polar surface area (TPSA) is 46.2 Å². The van der Waals surface area contributed by atoms with E-state index in [4.69, 9.17) is 16.6 Å².